The van der Waals surface area contributed by atoms with E-state index >= 15 is 0 Å². The second-order valence-electron chi connectivity index (χ2n) is 9.63. The Labute approximate surface area is 202 Å². The lowest BCUT2D eigenvalue weighted by atomic mass is 9.78. The van der Waals surface area contributed by atoms with Gasteiger partial charge >= 0.3 is 6.03 Å². The molecule has 2 heterocycles. The maximum absolute atomic E-state index is 13.2. The van der Waals surface area contributed by atoms with Crippen LogP contribution in [0.2, 0.25) is 0 Å². The Kier molecular flexibility index (Phi) is 5.95. The quantitative estimate of drug-likeness (QED) is 0.430. The van der Waals surface area contributed by atoms with Crippen molar-refractivity contribution in [2.45, 2.75) is 58.5 Å². The number of imide groups is 2. The zero-order valence-corrected chi connectivity index (χ0v) is 21.1. The minimum absolute atomic E-state index is 0.0331. The topological polar surface area (TPSA) is 69.7 Å². The number of halogens is 1. The number of barbiturate groups is 1. The van der Waals surface area contributed by atoms with Crippen molar-refractivity contribution in [3.05, 3.63) is 63.6 Å². The molecule has 4 rings (SSSR count). The van der Waals surface area contributed by atoms with Crippen LogP contribution in [0.4, 0.5) is 16.2 Å². The summed E-state index contributed by atoms with van der Waals surface area (Å²) < 4.78 is 0.824. The van der Waals surface area contributed by atoms with Gasteiger partial charge in [0, 0.05) is 21.7 Å². The first kappa shape index (κ1) is 23.2. The molecule has 1 N–H and O–H groups in total. The van der Waals surface area contributed by atoms with Gasteiger partial charge in [0.1, 0.15) is 5.57 Å². The molecule has 0 unspecified atom stereocenters. The molecular formula is C26H28BrN3O3. The number of carbonyl (C=O) groups is 3. The fourth-order valence-corrected chi connectivity index (χ4v) is 5.45. The van der Waals surface area contributed by atoms with E-state index in [1.807, 2.05) is 6.07 Å². The van der Waals surface area contributed by atoms with E-state index in [1.165, 1.54) is 11.3 Å². The van der Waals surface area contributed by atoms with Crippen LogP contribution in [0.1, 0.15) is 58.1 Å². The van der Waals surface area contributed by atoms with E-state index in [0.717, 1.165) is 21.4 Å². The van der Waals surface area contributed by atoms with Crippen molar-refractivity contribution in [3.63, 3.8) is 0 Å². The molecule has 4 amide bonds. The molecule has 6 nitrogen and oxygen atoms in total. The molecule has 172 valence electrons. The number of benzene rings is 2. The van der Waals surface area contributed by atoms with Crippen LogP contribution in [0.5, 0.6) is 0 Å². The van der Waals surface area contributed by atoms with Crippen molar-refractivity contribution in [1.82, 2.24) is 5.32 Å². The number of nitrogens with zero attached hydrogens (tertiary/aromatic N) is 2. The third-order valence-corrected chi connectivity index (χ3v) is 6.84. The molecule has 1 saturated heterocycles. The number of hydrogen-bond acceptors (Lipinski definition) is 4. The summed E-state index contributed by atoms with van der Waals surface area (Å²) in [6.45, 7) is 11.1. The molecule has 7 heteroatoms. The van der Waals surface area contributed by atoms with Gasteiger partial charge < -0.3 is 4.90 Å². The Morgan fingerprint density at radius 1 is 1.09 bits per heavy atom. The van der Waals surface area contributed by atoms with Crippen LogP contribution in [0.25, 0.3) is 6.08 Å². The molecule has 0 spiro atoms. The van der Waals surface area contributed by atoms with Crippen molar-refractivity contribution in [1.29, 1.82) is 0 Å². The Morgan fingerprint density at radius 3 is 2.39 bits per heavy atom. The molecule has 0 aromatic heterocycles. The van der Waals surface area contributed by atoms with E-state index in [0.29, 0.717) is 17.6 Å². The largest absolute Gasteiger partial charge is 0.364 e. The van der Waals surface area contributed by atoms with Crippen molar-refractivity contribution in [2.75, 3.05) is 9.80 Å². The van der Waals surface area contributed by atoms with Crippen molar-refractivity contribution < 1.29 is 14.4 Å². The molecular weight excluding hydrogens is 482 g/mol. The summed E-state index contributed by atoms with van der Waals surface area (Å²) in [4.78, 5) is 41.6. The van der Waals surface area contributed by atoms with Crippen LogP contribution in [0.15, 0.2) is 52.5 Å². The summed E-state index contributed by atoms with van der Waals surface area (Å²) in [5.74, 6) is -0.990. The Balaban J connectivity index is 1.73. The van der Waals surface area contributed by atoms with Gasteiger partial charge in [0.15, 0.2) is 0 Å². The molecule has 1 fully saturated rings. The summed E-state index contributed by atoms with van der Waals surface area (Å²) >= 11 is 3.35. The number of nitrogens with one attached hydrogen (secondary N) is 1. The molecule has 0 radical (unpaired) electrons. The molecule has 0 aliphatic carbocycles. The van der Waals surface area contributed by atoms with E-state index < -0.39 is 17.8 Å². The van der Waals surface area contributed by atoms with Crippen molar-refractivity contribution in [3.8, 4) is 0 Å². The minimum atomic E-state index is -0.752. The first-order valence-corrected chi connectivity index (χ1v) is 11.9. The average Bonchev–Trinajstić information content (AvgIpc) is 2.71. The van der Waals surface area contributed by atoms with Gasteiger partial charge in [-0.3, -0.25) is 14.9 Å². The monoisotopic (exact) mass is 509 g/mol. The highest BCUT2D eigenvalue weighted by Gasteiger charge is 2.39. The van der Waals surface area contributed by atoms with Crippen LogP contribution in [0.3, 0.4) is 0 Å². The smallest absolute Gasteiger partial charge is 0.335 e. The predicted octanol–water partition coefficient (Wildman–Crippen LogP) is 5.62. The van der Waals surface area contributed by atoms with Crippen LogP contribution in [0, 0.1) is 0 Å². The summed E-state index contributed by atoms with van der Waals surface area (Å²) in [6, 6.07) is 12.4. The molecule has 2 aliphatic rings. The molecule has 1 atom stereocenters. The van der Waals surface area contributed by atoms with Crippen LogP contribution < -0.4 is 15.1 Å². The van der Waals surface area contributed by atoms with Gasteiger partial charge in [-0.2, -0.15) is 0 Å². The van der Waals surface area contributed by atoms with E-state index in [-0.39, 0.29) is 11.1 Å². The number of hydrogen-bond donors (Lipinski definition) is 1. The average molecular weight is 510 g/mol. The number of urea groups is 1. The third kappa shape index (κ3) is 4.22. The number of carbonyl (C=O) groups excluding carboxylic acids is 3. The Hall–Kier alpha value is -2.93. The maximum Gasteiger partial charge on any atom is 0.335 e. The normalized spacial score (nSPS) is 21.5. The number of anilines is 2. The SMILES string of the molecule is CC(C)N1c2ccc(/C=C3\C(=O)NC(=O)N(c4ccc(Br)cc4)C3=O)cc2[C@@H](C)CC1(C)C. The van der Waals surface area contributed by atoms with E-state index in [1.54, 1.807) is 30.3 Å². The van der Waals surface area contributed by atoms with Gasteiger partial charge in [0.05, 0.1) is 5.69 Å². The van der Waals surface area contributed by atoms with Crippen LogP contribution >= 0.6 is 15.9 Å². The number of rotatable bonds is 3. The van der Waals surface area contributed by atoms with Crippen molar-refractivity contribution >= 4 is 51.2 Å². The van der Waals surface area contributed by atoms with Gasteiger partial charge in [-0.05, 0) is 93.6 Å². The molecule has 0 bridgehead atoms. The summed E-state index contributed by atoms with van der Waals surface area (Å²) in [6.07, 6.45) is 2.58. The highest BCUT2D eigenvalue weighted by atomic mass is 79.9. The first-order chi connectivity index (χ1) is 15.5. The molecule has 2 aromatic carbocycles. The minimum Gasteiger partial charge on any atom is -0.364 e. The lowest BCUT2D eigenvalue weighted by Gasteiger charge is -2.50. The van der Waals surface area contributed by atoms with Gasteiger partial charge in [0.2, 0.25) is 0 Å². The maximum atomic E-state index is 13.2. The molecule has 0 saturated carbocycles. The lowest BCUT2D eigenvalue weighted by Crippen LogP contribution is -2.54. The standard InChI is InChI=1S/C26H28BrN3O3/c1-15(2)30-22-11-6-17(12-20(22)16(3)14-26(30,4)5)13-21-23(31)28-25(33)29(24(21)32)19-9-7-18(27)8-10-19/h6-13,15-16H,14H2,1-5H3,(H,28,31,33)/b21-13+/t16-/m0/s1. The first-order valence-electron chi connectivity index (χ1n) is 11.1. The Morgan fingerprint density at radius 2 is 1.76 bits per heavy atom. The van der Waals surface area contributed by atoms with Gasteiger partial charge in [-0.15, -0.1) is 0 Å². The highest BCUT2D eigenvalue weighted by Crippen LogP contribution is 2.44. The van der Waals surface area contributed by atoms with Crippen molar-refractivity contribution in [2.24, 2.45) is 0 Å². The summed E-state index contributed by atoms with van der Waals surface area (Å²) in [5.41, 5.74) is 3.50. The van der Waals surface area contributed by atoms with E-state index in [2.05, 4.69) is 72.9 Å². The predicted molar refractivity (Wildman–Crippen MR) is 134 cm³/mol. The second kappa shape index (κ2) is 8.45. The van der Waals surface area contributed by atoms with Gasteiger partial charge in [-0.1, -0.05) is 28.9 Å². The summed E-state index contributed by atoms with van der Waals surface area (Å²) in [7, 11) is 0. The molecule has 2 aliphatic heterocycles. The summed E-state index contributed by atoms with van der Waals surface area (Å²) in [5, 5.41) is 2.29. The van der Waals surface area contributed by atoms with E-state index in [9.17, 15) is 14.4 Å². The fourth-order valence-electron chi connectivity index (χ4n) is 5.19. The van der Waals surface area contributed by atoms with Crippen LogP contribution in [-0.2, 0) is 9.59 Å². The molecule has 33 heavy (non-hydrogen) atoms. The second-order valence-corrected chi connectivity index (χ2v) is 10.5. The third-order valence-electron chi connectivity index (χ3n) is 6.31. The molecule has 2 aromatic rings. The van der Waals surface area contributed by atoms with Gasteiger partial charge in [0.25, 0.3) is 11.8 Å². The number of amides is 4. The van der Waals surface area contributed by atoms with Gasteiger partial charge in [-0.25, -0.2) is 9.69 Å². The lowest BCUT2D eigenvalue weighted by molar-refractivity contribution is -0.122. The fraction of sp³-hybridized carbons (Fsp3) is 0.346. The van der Waals surface area contributed by atoms with Crippen LogP contribution in [-0.4, -0.2) is 29.4 Å². The zero-order chi connectivity index (χ0) is 24.1. The number of fused-ring (bicyclic) bond motifs is 1. The highest BCUT2D eigenvalue weighted by molar-refractivity contribution is 9.10. The van der Waals surface area contributed by atoms with E-state index in [4.69, 9.17) is 0 Å². The zero-order valence-electron chi connectivity index (χ0n) is 19.5. The Bertz CT molecular complexity index is 1170.